The van der Waals surface area contributed by atoms with E-state index >= 15 is 0 Å². The Morgan fingerprint density at radius 2 is 1.15 bits per heavy atom. The van der Waals surface area contributed by atoms with Gasteiger partial charge in [0, 0.05) is 41.9 Å². The third kappa shape index (κ3) is 4.46. The molecule has 7 rings (SSSR count). The molecule has 0 spiro atoms. The molecule has 1 aliphatic heterocycles. The van der Waals surface area contributed by atoms with Crippen molar-refractivity contribution in [2.45, 2.75) is 91.4 Å². The Kier molecular flexibility index (Phi) is 7.81. The standard InChI is InChI=1S/C42H50N2OSi2/c1-27(2)46(37-19-15-17-35(25-37)43-31(7)29(5)39-21-11-13-23-41(39)43)33(9)34(10)47(45-46,28(3)4)38-20-16-18-36(26-38)44-32(8)30(6)40-22-12-14-24-42(40)44/h11-28,33-34H,1-10H3/q-1. The summed E-state index contributed by atoms with van der Waals surface area (Å²) < 4.78 is 13.1. The van der Waals surface area contributed by atoms with E-state index in [1.165, 1.54) is 66.1 Å². The fraction of sp³-hybridized carbons (Fsp3) is 0.333. The Labute approximate surface area is 283 Å². The highest BCUT2D eigenvalue weighted by Gasteiger charge is 2.57. The Hall–Kier alpha value is -3.65. The molecule has 0 N–H and O–H groups in total. The number of hydrogen-bond donors (Lipinski definition) is 0. The van der Waals surface area contributed by atoms with Crippen LogP contribution in [0, 0.1) is 27.7 Å². The maximum Gasteiger partial charge on any atom is 0.186 e. The highest BCUT2D eigenvalue weighted by atomic mass is 28.4. The number of aromatic nitrogens is 2. The molecule has 0 bridgehead atoms. The number of fused-ring (bicyclic) bond motifs is 2. The van der Waals surface area contributed by atoms with Crippen molar-refractivity contribution in [1.82, 2.24) is 9.13 Å². The number of benzene rings is 4. The highest BCUT2D eigenvalue weighted by Crippen LogP contribution is 2.56. The summed E-state index contributed by atoms with van der Waals surface area (Å²) in [6.07, 6.45) is 0. The average molecular weight is 655 g/mol. The Morgan fingerprint density at radius 3 is 1.68 bits per heavy atom. The molecule has 0 radical (unpaired) electrons. The van der Waals surface area contributed by atoms with Gasteiger partial charge in [-0.05, 0) is 85.4 Å². The first kappa shape index (κ1) is 31.9. The monoisotopic (exact) mass is 654 g/mol. The molecule has 5 heteroatoms. The predicted octanol–water partition coefficient (Wildman–Crippen LogP) is 10.4. The lowest BCUT2D eigenvalue weighted by Crippen LogP contribution is -2.60. The first-order valence-electron chi connectivity index (χ1n) is 17.5. The SMILES string of the molecule is Cc1c(C)n(-c2cccc([Si]3(C(C)C)O[Si-](c4cccc(-n5c(C)c(C)c6ccccc65)c4)(C(C)C)C(C)C3C)c2)c2ccccc12. The van der Waals surface area contributed by atoms with E-state index in [4.69, 9.17) is 4.12 Å². The van der Waals surface area contributed by atoms with Crippen LogP contribution >= 0.6 is 0 Å². The minimum Gasteiger partial charge on any atom is -0.602 e. The minimum atomic E-state index is -2.48. The quantitative estimate of drug-likeness (QED) is 0.164. The topological polar surface area (TPSA) is 19.1 Å². The van der Waals surface area contributed by atoms with E-state index in [1.807, 2.05) is 0 Å². The second kappa shape index (κ2) is 11.5. The van der Waals surface area contributed by atoms with Crippen LogP contribution in [-0.4, -0.2) is 25.8 Å². The summed E-state index contributed by atoms with van der Waals surface area (Å²) in [7, 11) is -4.96. The molecule has 2 aromatic heterocycles. The number of hydrogen-bond acceptors (Lipinski definition) is 1. The van der Waals surface area contributed by atoms with Gasteiger partial charge in [0.05, 0.1) is 11.0 Å². The Balaban J connectivity index is 1.39. The molecule has 4 atom stereocenters. The second-order valence-corrected chi connectivity index (χ2v) is 24.1. The summed E-state index contributed by atoms with van der Waals surface area (Å²) in [5.41, 5.74) is 12.2. The van der Waals surface area contributed by atoms with Gasteiger partial charge in [0.1, 0.15) is 0 Å². The molecule has 3 nitrogen and oxygen atoms in total. The zero-order valence-electron chi connectivity index (χ0n) is 29.8. The van der Waals surface area contributed by atoms with E-state index in [1.54, 1.807) is 0 Å². The van der Waals surface area contributed by atoms with E-state index in [9.17, 15) is 0 Å². The van der Waals surface area contributed by atoms with Gasteiger partial charge in [-0.25, -0.2) is 0 Å². The smallest absolute Gasteiger partial charge is 0.186 e. The molecule has 243 valence electrons. The zero-order chi connectivity index (χ0) is 33.4. The largest absolute Gasteiger partial charge is 0.602 e. The lowest BCUT2D eigenvalue weighted by molar-refractivity contribution is 0.535. The van der Waals surface area contributed by atoms with Gasteiger partial charge in [-0.3, -0.25) is 0 Å². The lowest BCUT2D eigenvalue weighted by atomic mass is 10.2. The highest BCUT2D eigenvalue weighted by molar-refractivity contribution is 7.05. The van der Waals surface area contributed by atoms with Crippen molar-refractivity contribution in [3.63, 3.8) is 0 Å². The van der Waals surface area contributed by atoms with E-state index < -0.39 is 16.6 Å². The third-order valence-corrected chi connectivity index (χ3v) is 24.7. The van der Waals surface area contributed by atoms with Crippen LogP contribution in [0.15, 0.2) is 97.1 Å². The summed E-state index contributed by atoms with van der Waals surface area (Å²) in [5, 5.41) is 5.54. The van der Waals surface area contributed by atoms with Gasteiger partial charge in [-0.15, -0.1) is 11.1 Å². The van der Waals surface area contributed by atoms with Gasteiger partial charge in [0.2, 0.25) is 0 Å². The Morgan fingerprint density at radius 1 is 0.638 bits per heavy atom. The first-order chi connectivity index (χ1) is 22.4. The summed E-state index contributed by atoms with van der Waals surface area (Å²) in [6.45, 7) is 23.8. The van der Waals surface area contributed by atoms with Gasteiger partial charge in [0.15, 0.2) is 8.32 Å². The van der Waals surface area contributed by atoms with Crippen molar-refractivity contribution < 1.29 is 4.12 Å². The van der Waals surface area contributed by atoms with Crippen LogP contribution in [0.2, 0.25) is 22.2 Å². The van der Waals surface area contributed by atoms with Crippen LogP contribution in [0.25, 0.3) is 33.2 Å². The summed E-state index contributed by atoms with van der Waals surface area (Å²) >= 11 is 0. The van der Waals surface area contributed by atoms with E-state index in [0.717, 1.165) is 0 Å². The number of para-hydroxylation sites is 2. The van der Waals surface area contributed by atoms with Crippen molar-refractivity contribution in [2.24, 2.45) is 0 Å². The normalized spacial score (nSPS) is 23.1. The van der Waals surface area contributed by atoms with Crippen molar-refractivity contribution in [1.29, 1.82) is 0 Å². The molecular weight excluding hydrogens is 605 g/mol. The molecule has 1 saturated heterocycles. The first-order valence-corrected chi connectivity index (χ1v) is 21.6. The van der Waals surface area contributed by atoms with Crippen molar-refractivity contribution in [3.8, 4) is 11.4 Å². The van der Waals surface area contributed by atoms with E-state index in [0.29, 0.717) is 22.2 Å². The summed E-state index contributed by atoms with van der Waals surface area (Å²) in [4.78, 5) is 0. The van der Waals surface area contributed by atoms with E-state index in [2.05, 4.69) is 175 Å². The van der Waals surface area contributed by atoms with Crippen LogP contribution in [0.5, 0.6) is 0 Å². The van der Waals surface area contributed by atoms with Crippen molar-refractivity contribution in [3.05, 3.63) is 120 Å². The molecule has 6 aromatic rings. The van der Waals surface area contributed by atoms with Crippen LogP contribution in [0.1, 0.15) is 64.1 Å². The van der Waals surface area contributed by atoms with Crippen LogP contribution < -0.4 is 10.4 Å². The molecule has 1 aliphatic rings. The molecule has 4 aromatic carbocycles. The van der Waals surface area contributed by atoms with Gasteiger partial charge in [-0.2, -0.15) is 5.19 Å². The fourth-order valence-corrected chi connectivity index (χ4v) is 24.8. The summed E-state index contributed by atoms with van der Waals surface area (Å²) in [6, 6.07) is 36.6. The van der Waals surface area contributed by atoms with Crippen LogP contribution in [-0.2, 0) is 4.12 Å². The molecule has 0 saturated carbocycles. The summed E-state index contributed by atoms with van der Waals surface area (Å²) in [5.74, 6) is 0. The van der Waals surface area contributed by atoms with Gasteiger partial charge < -0.3 is 13.2 Å². The average Bonchev–Trinajstić information content (AvgIpc) is 3.59. The van der Waals surface area contributed by atoms with Gasteiger partial charge in [-0.1, -0.05) is 108 Å². The molecule has 0 amide bonds. The zero-order valence-corrected chi connectivity index (χ0v) is 31.8. The predicted molar refractivity (Wildman–Crippen MR) is 206 cm³/mol. The number of aryl methyl sites for hydroxylation is 2. The van der Waals surface area contributed by atoms with Crippen molar-refractivity contribution in [2.75, 3.05) is 0 Å². The second-order valence-electron chi connectivity index (χ2n) is 14.8. The Bertz CT molecular complexity index is 1990. The molecule has 47 heavy (non-hydrogen) atoms. The maximum absolute atomic E-state index is 8.14. The molecular formula is C42H50N2OSi2-. The fourth-order valence-electron chi connectivity index (χ4n) is 9.31. The number of rotatable bonds is 6. The van der Waals surface area contributed by atoms with Crippen LogP contribution in [0.4, 0.5) is 0 Å². The molecule has 0 aliphatic carbocycles. The van der Waals surface area contributed by atoms with Crippen LogP contribution in [0.3, 0.4) is 0 Å². The molecule has 1 fully saturated rings. The third-order valence-electron chi connectivity index (χ3n) is 12.1. The van der Waals surface area contributed by atoms with E-state index in [-0.39, 0.29) is 0 Å². The molecule has 4 unspecified atom stereocenters. The van der Waals surface area contributed by atoms with Gasteiger partial charge in [0.25, 0.3) is 0 Å². The van der Waals surface area contributed by atoms with Crippen molar-refractivity contribution >= 4 is 48.8 Å². The number of nitrogens with zero attached hydrogens (tertiary/aromatic N) is 2. The lowest BCUT2D eigenvalue weighted by Gasteiger charge is -2.51. The minimum absolute atomic E-state index is 0.439. The molecule has 3 heterocycles. The van der Waals surface area contributed by atoms with Gasteiger partial charge >= 0.3 is 0 Å². The maximum atomic E-state index is 8.14.